The van der Waals surface area contributed by atoms with E-state index in [2.05, 4.69) is 10.6 Å². The quantitative estimate of drug-likeness (QED) is 0.571. The van der Waals surface area contributed by atoms with Crippen LogP contribution in [0.1, 0.15) is 22.8 Å². The van der Waals surface area contributed by atoms with E-state index in [1.165, 1.54) is 6.07 Å². The number of rotatable bonds is 10. The van der Waals surface area contributed by atoms with E-state index in [0.29, 0.717) is 23.6 Å². The molecule has 0 fully saturated rings. The molecule has 148 valence electrons. The number of carboxylic acids is 1. The van der Waals surface area contributed by atoms with Crippen LogP contribution in [0.5, 0.6) is 11.5 Å². The minimum atomic E-state index is -1.09. The first kappa shape index (κ1) is 20.8. The van der Waals surface area contributed by atoms with Crippen LogP contribution in [0.2, 0.25) is 0 Å². The Balaban J connectivity index is 1.90. The molecule has 0 radical (unpaired) electrons. The monoisotopic (exact) mass is 386 g/mol. The molecule has 2 aromatic carbocycles. The van der Waals surface area contributed by atoms with Gasteiger partial charge in [-0.15, -0.1) is 0 Å². The summed E-state index contributed by atoms with van der Waals surface area (Å²) in [6.07, 6.45) is 0. The van der Waals surface area contributed by atoms with E-state index in [1.807, 2.05) is 13.0 Å². The Hall–Kier alpha value is -3.55. The average molecular weight is 386 g/mol. The van der Waals surface area contributed by atoms with Crippen molar-refractivity contribution in [3.63, 3.8) is 0 Å². The maximum absolute atomic E-state index is 12.3. The van der Waals surface area contributed by atoms with Gasteiger partial charge in [0, 0.05) is 18.7 Å². The molecule has 0 aliphatic rings. The van der Waals surface area contributed by atoms with Crippen molar-refractivity contribution in [2.24, 2.45) is 0 Å². The maximum atomic E-state index is 12.3. The molecule has 0 saturated heterocycles. The van der Waals surface area contributed by atoms with Crippen LogP contribution in [0.15, 0.2) is 48.5 Å². The van der Waals surface area contributed by atoms with E-state index in [4.69, 9.17) is 14.6 Å². The van der Waals surface area contributed by atoms with E-state index in [9.17, 15) is 14.4 Å². The molecular formula is C20H22N2O6. The van der Waals surface area contributed by atoms with E-state index >= 15 is 0 Å². The number of hydrogen-bond acceptors (Lipinski definition) is 5. The predicted molar refractivity (Wildman–Crippen MR) is 101 cm³/mol. The number of carbonyl (C=O) groups is 3. The number of benzene rings is 2. The lowest BCUT2D eigenvalue weighted by atomic mass is 10.1. The Bertz CT molecular complexity index is 837. The molecule has 2 amide bonds. The Morgan fingerprint density at radius 1 is 0.929 bits per heavy atom. The third kappa shape index (κ3) is 6.99. The van der Waals surface area contributed by atoms with E-state index in [1.54, 1.807) is 36.4 Å². The number of amides is 2. The van der Waals surface area contributed by atoms with Gasteiger partial charge in [-0.25, -0.2) is 4.79 Å². The molecular weight excluding hydrogens is 364 g/mol. The third-order valence-corrected chi connectivity index (χ3v) is 3.55. The second-order valence-electron chi connectivity index (χ2n) is 5.78. The van der Waals surface area contributed by atoms with Crippen LogP contribution < -0.4 is 20.1 Å². The first-order valence-electron chi connectivity index (χ1n) is 8.69. The van der Waals surface area contributed by atoms with Crippen molar-refractivity contribution in [2.45, 2.75) is 13.5 Å². The Kier molecular flexibility index (Phi) is 7.83. The average Bonchev–Trinajstić information content (AvgIpc) is 2.70. The number of ether oxygens (including phenoxy) is 2. The lowest BCUT2D eigenvalue weighted by Crippen LogP contribution is -2.28. The van der Waals surface area contributed by atoms with E-state index < -0.39 is 12.6 Å². The van der Waals surface area contributed by atoms with Gasteiger partial charge in [0.2, 0.25) is 0 Å². The standard InChI is InChI=1S/C20H22N2O6/c1-2-21-18(23)12-27-16-7-3-5-14(9-16)11-22-20(26)15-6-4-8-17(10-15)28-13-19(24)25/h3-10H,2,11-13H2,1H3,(H,21,23)(H,22,26)(H,24,25). The molecule has 0 spiro atoms. The summed E-state index contributed by atoms with van der Waals surface area (Å²) in [4.78, 5) is 34.3. The second kappa shape index (κ2) is 10.6. The summed E-state index contributed by atoms with van der Waals surface area (Å²) in [6.45, 7) is 2.07. The largest absolute Gasteiger partial charge is 0.484 e. The highest BCUT2D eigenvalue weighted by Crippen LogP contribution is 2.15. The van der Waals surface area contributed by atoms with Gasteiger partial charge in [-0.3, -0.25) is 9.59 Å². The highest BCUT2D eigenvalue weighted by atomic mass is 16.5. The third-order valence-electron chi connectivity index (χ3n) is 3.55. The zero-order valence-corrected chi connectivity index (χ0v) is 15.4. The van der Waals surface area contributed by atoms with Crippen LogP contribution in [0.4, 0.5) is 0 Å². The summed E-state index contributed by atoms with van der Waals surface area (Å²) in [5.74, 6) is -0.789. The molecule has 0 saturated carbocycles. The SMILES string of the molecule is CCNC(=O)COc1cccc(CNC(=O)c2cccc(OCC(=O)O)c2)c1. The first-order valence-corrected chi connectivity index (χ1v) is 8.69. The number of carboxylic acid groups (broad SMARTS) is 1. The van der Waals surface area contributed by atoms with Crippen molar-refractivity contribution in [1.82, 2.24) is 10.6 Å². The molecule has 8 nitrogen and oxygen atoms in total. The summed E-state index contributed by atoms with van der Waals surface area (Å²) in [5.41, 5.74) is 1.16. The lowest BCUT2D eigenvalue weighted by molar-refractivity contribution is -0.139. The summed E-state index contributed by atoms with van der Waals surface area (Å²) in [5, 5.41) is 14.1. The van der Waals surface area contributed by atoms with Crippen molar-refractivity contribution < 1.29 is 29.0 Å². The van der Waals surface area contributed by atoms with Gasteiger partial charge in [0.1, 0.15) is 11.5 Å². The van der Waals surface area contributed by atoms with Crippen LogP contribution in [0.25, 0.3) is 0 Å². The van der Waals surface area contributed by atoms with Crippen molar-refractivity contribution in [3.05, 3.63) is 59.7 Å². The van der Waals surface area contributed by atoms with E-state index in [0.717, 1.165) is 5.56 Å². The van der Waals surface area contributed by atoms with Gasteiger partial charge in [0.15, 0.2) is 13.2 Å². The van der Waals surface area contributed by atoms with Crippen LogP contribution in [0, 0.1) is 0 Å². The molecule has 0 atom stereocenters. The van der Waals surface area contributed by atoms with Crippen LogP contribution in [0.3, 0.4) is 0 Å². The van der Waals surface area contributed by atoms with Crippen LogP contribution >= 0.6 is 0 Å². The molecule has 0 aliphatic heterocycles. The van der Waals surface area contributed by atoms with Crippen LogP contribution in [-0.4, -0.2) is 42.6 Å². The highest BCUT2D eigenvalue weighted by molar-refractivity contribution is 5.94. The lowest BCUT2D eigenvalue weighted by Gasteiger charge is -2.10. The summed E-state index contributed by atoms with van der Waals surface area (Å²) in [6, 6.07) is 13.3. The molecule has 2 rings (SSSR count). The Morgan fingerprint density at radius 2 is 1.61 bits per heavy atom. The number of carbonyl (C=O) groups excluding carboxylic acids is 2. The first-order chi connectivity index (χ1) is 13.5. The number of aliphatic carboxylic acids is 1. The predicted octanol–water partition coefficient (Wildman–Crippen LogP) is 1.59. The highest BCUT2D eigenvalue weighted by Gasteiger charge is 2.08. The molecule has 0 heterocycles. The molecule has 0 aliphatic carbocycles. The van der Waals surface area contributed by atoms with E-state index in [-0.39, 0.29) is 25.0 Å². The molecule has 3 N–H and O–H groups in total. The summed E-state index contributed by atoms with van der Waals surface area (Å²) < 4.78 is 10.5. The minimum absolute atomic E-state index is 0.0766. The van der Waals surface area contributed by atoms with Crippen molar-refractivity contribution in [3.8, 4) is 11.5 Å². The zero-order valence-electron chi connectivity index (χ0n) is 15.4. The van der Waals surface area contributed by atoms with Gasteiger partial charge in [-0.2, -0.15) is 0 Å². The molecule has 28 heavy (non-hydrogen) atoms. The fourth-order valence-electron chi connectivity index (χ4n) is 2.30. The molecule has 0 aromatic heterocycles. The fraction of sp³-hybridized carbons (Fsp3) is 0.250. The Morgan fingerprint density at radius 3 is 2.32 bits per heavy atom. The van der Waals surface area contributed by atoms with Crippen LogP contribution in [-0.2, 0) is 16.1 Å². The zero-order chi connectivity index (χ0) is 20.4. The van der Waals surface area contributed by atoms with Gasteiger partial charge in [-0.05, 0) is 42.8 Å². The number of likely N-dealkylation sites (N-methyl/N-ethyl adjacent to an activating group) is 1. The number of hydrogen-bond donors (Lipinski definition) is 3. The second-order valence-corrected chi connectivity index (χ2v) is 5.78. The molecule has 0 unspecified atom stereocenters. The number of nitrogens with one attached hydrogen (secondary N) is 2. The molecule has 0 bridgehead atoms. The molecule has 8 heteroatoms. The Labute approximate surface area is 162 Å². The minimum Gasteiger partial charge on any atom is -0.484 e. The maximum Gasteiger partial charge on any atom is 0.341 e. The smallest absolute Gasteiger partial charge is 0.341 e. The van der Waals surface area contributed by atoms with Crippen molar-refractivity contribution in [2.75, 3.05) is 19.8 Å². The summed E-state index contributed by atoms with van der Waals surface area (Å²) in [7, 11) is 0. The normalized spacial score (nSPS) is 10.0. The van der Waals surface area contributed by atoms with Gasteiger partial charge in [0.25, 0.3) is 11.8 Å². The fourth-order valence-corrected chi connectivity index (χ4v) is 2.30. The topological polar surface area (TPSA) is 114 Å². The van der Waals surface area contributed by atoms with Gasteiger partial charge >= 0.3 is 5.97 Å². The van der Waals surface area contributed by atoms with Crippen molar-refractivity contribution in [1.29, 1.82) is 0 Å². The van der Waals surface area contributed by atoms with Crippen molar-refractivity contribution >= 4 is 17.8 Å². The van der Waals surface area contributed by atoms with Gasteiger partial charge in [-0.1, -0.05) is 18.2 Å². The summed E-state index contributed by atoms with van der Waals surface area (Å²) >= 11 is 0. The van der Waals surface area contributed by atoms with Gasteiger partial charge < -0.3 is 25.2 Å². The molecule has 2 aromatic rings. The van der Waals surface area contributed by atoms with Gasteiger partial charge in [0.05, 0.1) is 0 Å².